The Labute approximate surface area is 112 Å². The molecule has 5 heteroatoms. The number of benzene rings is 1. The fourth-order valence-electron chi connectivity index (χ4n) is 1.65. The Balaban J connectivity index is 2.93. The molecule has 0 heterocycles. The van der Waals surface area contributed by atoms with Gasteiger partial charge in [0.25, 0.3) is 5.91 Å². The summed E-state index contributed by atoms with van der Waals surface area (Å²) in [5.41, 5.74) is 6.44. The maximum absolute atomic E-state index is 12.2. The van der Waals surface area contributed by atoms with E-state index >= 15 is 0 Å². The van der Waals surface area contributed by atoms with Gasteiger partial charge in [-0.1, -0.05) is 24.4 Å². The molecule has 0 saturated carbocycles. The highest BCUT2D eigenvalue weighted by Gasteiger charge is 2.21. The Bertz CT molecular complexity index is 474. The molecule has 98 valence electrons. The minimum atomic E-state index is -0.236. The van der Waals surface area contributed by atoms with Crippen molar-refractivity contribution in [3.8, 4) is 5.75 Å². The number of phenols is 1. The number of thiocarbonyl (C=S) groups is 1. The topological polar surface area (TPSA) is 66.6 Å². The van der Waals surface area contributed by atoms with Gasteiger partial charge in [0.15, 0.2) is 0 Å². The van der Waals surface area contributed by atoms with Crippen molar-refractivity contribution >= 4 is 23.1 Å². The molecule has 0 bridgehead atoms. The van der Waals surface area contributed by atoms with Crippen LogP contribution in [-0.2, 0) is 0 Å². The normalized spacial score (nSPS) is 11.9. The predicted octanol–water partition coefficient (Wildman–Crippen LogP) is 1.84. The molecule has 1 aromatic carbocycles. The molecule has 0 aromatic heterocycles. The minimum Gasteiger partial charge on any atom is -0.507 e. The van der Waals surface area contributed by atoms with E-state index in [0.717, 1.165) is 0 Å². The predicted molar refractivity (Wildman–Crippen MR) is 75.8 cm³/mol. The van der Waals surface area contributed by atoms with Crippen molar-refractivity contribution in [2.24, 2.45) is 5.73 Å². The molecule has 1 amide bonds. The second-order valence-electron chi connectivity index (χ2n) is 4.41. The van der Waals surface area contributed by atoms with Crippen molar-refractivity contribution in [3.05, 3.63) is 29.3 Å². The molecule has 1 aromatic rings. The summed E-state index contributed by atoms with van der Waals surface area (Å²) in [7, 11) is 1.67. The minimum absolute atomic E-state index is 0.0249. The molecule has 4 nitrogen and oxygen atoms in total. The highest BCUT2D eigenvalue weighted by Crippen LogP contribution is 2.23. The van der Waals surface area contributed by atoms with Gasteiger partial charge in [-0.25, -0.2) is 0 Å². The number of aromatic hydroxyl groups is 1. The van der Waals surface area contributed by atoms with Crippen molar-refractivity contribution in [3.63, 3.8) is 0 Å². The van der Waals surface area contributed by atoms with Gasteiger partial charge in [0.2, 0.25) is 0 Å². The number of hydrogen-bond donors (Lipinski definition) is 2. The standard InChI is InChI=1S/C13H18N2O2S/c1-8-5-4-6-10(12(8)16)13(17)15(3)9(2)7-11(14)18/h4-6,9,16H,7H2,1-3H3,(H2,14,18). The Kier molecular flexibility index (Phi) is 4.67. The Hall–Kier alpha value is -1.62. The lowest BCUT2D eigenvalue weighted by Gasteiger charge is -2.25. The Morgan fingerprint density at radius 3 is 2.72 bits per heavy atom. The number of rotatable bonds is 4. The molecule has 0 aliphatic rings. The summed E-state index contributed by atoms with van der Waals surface area (Å²) in [5.74, 6) is -0.211. The number of carbonyl (C=O) groups excluding carboxylic acids is 1. The molecule has 0 aliphatic carbocycles. The van der Waals surface area contributed by atoms with Crippen LogP contribution in [-0.4, -0.2) is 34.0 Å². The monoisotopic (exact) mass is 266 g/mol. The molecular weight excluding hydrogens is 248 g/mol. The van der Waals surface area contributed by atoms with E-state index in [-0.39, 0.29) is 17.7 Å². The van der Waals surface area contributed by atoms with Crippen molar-refractivity contribution in [2.75, 3.05) is 7.05 Å². The lowest BCUT2D eigenvalue weighted by atomic mass is 10.1. The van der Waals surface area contributed by atoms with Gasteiger partial charge in [0.05, 0.1) is 10.6 Å². The first-order valence-electron chi connectivity index (χ1n) is 5.68. The number of hydrogen-bond acceptors (Lipinski definition) is 3. The number of amides is 1. The van der Waals surface area contributed by atoms with Crippen LogP contribution in [0.5, 0.6) is 5.75 Å². The van der Waals surface area contributed by atoms with Gasteiger partial charge >= 0.3 is 0 Å². The average Bonchev–Trinajstić information content (AvgIpc) is 2.30. The smallest absolute Gasteiger partial charge is 0.257 e. The number of phenolic OH excluding ortho intramolecular Hbond substituents is 1. The Morgan fingerprint density at radius 2 is 2.17 bits per heavy atom. The summed E-state index contributed by atoms with van der Waals surface area (Å²) in [4.78, 5) is 14.1. The van der Waals surface area contributed by atoms with E-state index < -0.39 is 0 Å². The molecular formula is C13H18N2O2S. The molecule has 1 unspecified atom stereocenters. The van der Waals surface area contributed by atoms with Crippen LogP contribution in [0.25, 0.3) is 0 Å². The molecule has 3 N–H and O–H groups in total. The number of aryl methyl sites for hydroxylation is 1. The third kappa shape index (κ3) is 3.20. The molecule has 1 atom stereocenters. The summed E-state index contributed by atoms with van der Waals surface area (Å²) in [6.45, 7) is 3.62. The third-order valence-electron chi connectivity index (χ3n) is 2.95. The van der Waals surface area contributed by atoms with E-state index in [9.17, 15) is 9.90 Å². The SMILES string of the molecule is Cc1cccc(C(=O)N(C)C(C)CC(N)=S)c1O. The first kappa shape index (κ1) is 14.4. The zero-order valence-corrected chi connectivity index (χ0v) is 11.6. The summed E-state index contributed by atoms with van der Waals surface area (Å²) >= 11 is 4.83. The zero-order valence-electron chi connectivity index (χ0n) is 10.8. The maximum atomic E-state index is 12.2. The Morgan fingerprint density at radius 1 is 1.56 bits per heavy atom. The first-order valence-corrected chi connectivity index (χ1v) is 6.09. The number of carbonyl (C=O) groups is 1. The van der Waals surface area contributed by atoms with E-state index in [1.807, 2.05) is 6.92 Å². The third-order valence-corrected chi connectivity index (χ3v) is 3.11. The lowest BCUT2D eigenvalue weighted by molar-refractivity contribution is 0.0745. The first-order chi connectivity index (χ1) is 8.34. The van der Waals surface area contributed by atoms with Crippen LogP contribution in [0.4, 0.5) is 0 Å². The largest absolute Gasteiger partial charge is 0.507 e. The van der Waals surface area contributed by atoms with Crippen LogP contribution < -0.4 is 5.73 Å². The van der Waals surface area contributed by atoms with E-state index in [0.29, 0.717) is 22.5 Å². The lowest BCUT2D eigenvalue weighted by Crippen LogP contribution is -2.37. The van der Waals surface area contributed by atoms with Crippen molar-refractivity contribution in [2.45, 2.75) is 26.3 Å². The number of nitrogens with two attached hydrogens (primary N) is 1. The highest BCUT2D eigenvalue weighted by atomic mass is 32.1. The molecule has 0 spiro atoms. The second-order valence-corrected chi connectivity index (χ2v) is 4.93. The second kappa shape index (κ2) is 5.82. The summed E-state index contributed by atoms with van der Waals surface area (Å²) in [6.07, 6.45) is 0.462. The van der Waals surface area contributed by atoms with Crippen LogP contribution in [0, 0.1) is 6.92 Å². The fraction of sp³-hybridized carbons (Fsp3) is 0.385. The molecule has 18 heavy (non-hydrogen) atoms. The highest BCUT2D eigenvalue weighted by molar-refractivity contribution is 7.80. The molecule has 1 rings (SSSR count). The van der Waals surface area contributed by atoms with Gasteiger partial charge in [-0.15, -0.1) is 0 Å². The number of nitrogens with zero attached hydrogens (tertiary/aromatic N) is 1. The van der Waals surface area contributed by atoms with E-state index in [4.69, 9.17) is 18.0 Å². The van der Waals surface area contributed by atoms with Crippen LogP contribution in [0.15, 0.2) is 18.2 Å². The maximum Gasteiger partial charge on any atom is 0.257 e. The fourth-order valence-corrected chi connectivity index (χ4v) is 1.89. The van der Waals surface area contributed by atoms with Crippen LogP contribution >= 0.6 is 12.2 Å². The van der Waals surface area contributed by atoms with Crippen molar-refractivity contribution < 1.29 is 9.90 Å². The van der Waals surface area contributed by atoms with Crippen LogP contribution in [0.1, 0.15) is 29.3 Å². The van der Waals surface area contributed by atoms with Crippen molar-refractivity contribution in [1.29, 1.82) is 0 Å². The number of para-hydroxylation sites is 1. The van der Waals surface area contributed by atoms with Gasteiger partial charge in [-0.3, -0.25) is 4.79 Å². The van der Waals surface area contributed by atoms with Gasteiger partial charge in [-0.2, -0.15) is 0 Å². The quantitative estimate of drug-likeness (QED) is 0.816. The molecule has 0 radical (unpaired) electrons. The van der Waals surface area contributed by atoms with Gasteiger partial charge in [0.1, 0.15) is 5.75 Å². The summed E-state index contributed by atoms with van der Waals surface area (Å²) < 4.78 is 0. The summed E-state index contributed by atoms with van der Waals surface area (Å²) in [6, 6.07) is 5.00. The van der Waals surface area contributed by atoms with Gasteiger partial charge in [0, 0.05) is 19.5 Å². The van der Waals surface area contributed by atoms with E-state index in [2.05, 4.69) is 0 Å². The van der Waals surface area contributed by atoms with Crippen molar-refractivity contribution in [1.82, 2.24) is 4.90 Å². The molecule has 0 saturated heterocycles. The zero-order chi connectivity index (χ0) is 13.9. The van der Waals surface area contributed by atoms with E-state index in [1.165, 1.54) is 4.90 Å². The molecule has 0 aliphatic heterocycles. The van der Waals surface area contributed by atoms with Crippen LogP contribution in [0.2, 0.25) is 0 Å². The van der Waals surface area contributed by atoms with Crippen LogP contribution in [0.3, 0.4) is 0 Å². The van der Waals surface area contributed by atoms with Gasteiger partial charge in [-0.05, 0) is 25.5 Å². The van der Waals surface area contributed by atoms with Gasteiger partial charge < -0.3 is 15.7 Å². The van der Waals surface area contributed by atoms with E-state index in [1.54, 1.807) is 32.2 Å². The average molecular weight is 266 g/mol. The summed E-state index contributed by atoms with van der Waals surface area (Å²) in [5, 5.41) is 9.88. The molecule has 0 fully saturated rings.